The molecule has 2 aromatic heterocycles. The van der Waals surface area contributed by atoms with E-state index in [9.17, 15) is 0 Å². The fourth-order valence-corrected chi connectivity index (χ4v) is 3.88. The largest absolute Gasteiger partial charge is 0.317 e. The van der Waals surface area contributed by atoms with E-state index in [1.807, 2.05) is 12.4 Å². The third-order valence-electron chi connectivity index (χ3n) is 4.91. The lowest BCUT2D eigenvalue weighted by Gasteiger charge is -2.01. The van der Waals surface area contributed by atoms with Gasteiger partial charge < -0.3 is 9.13 Å². The first-order valence-corrected chi connectivity index (χ1v) is 8.04. The highest BCUT2D eigenvalue weighted by Gasteiger charge is 2.14. The van der Waals surface area contributed by atoms with Gasteiger partial charge in [0.1, 0.15) is 0 Å². The summed E-state index contributed by atoms with van der Waals surface area (Å²) in [5.74, 6) is 0. The van der Waals surface area contributed by atoms with Crippen LogP contribution in [0.15, 0.2) is 73.8 Å². The molecule has 3 aromatic carbocycles. The van der Waals surface area contributed by atoms with E-state index < -0.39 is 0 Å². The van der Waals surface area contributed by atoms with Crippen LogP contribution >= 0.6 is 0 Å². The van der Waals surface area contributed by atoms with E-state index in [-0.39, 0.29) is 0 Å². The van der Waals surface area contributed by atoms with E-state index in [0.717, 1.165) is 0 Å². The van der Waals surface area contributed by atoms with E-state index in [0.29, 0.717) is 0 Å². The minimum Gasteiger partial charge on any atom is -0.317 e. The number of para-hydroxylation sites is 2. The summed E-state index contributed by atoms with van der Waals surface area (Å²) >= 11 is 0. The molecule has 0 N–H and O–H groups in total. The number of aromatic nitrogens is 2. The van der Waals surface area contributed by atoms with Gasteiger partial charge in [0.2, 0.25) is 0 Å². The van der Waals surface area contributed by atoms with Crippen LogP contribution in [0.3, 0.4) is 0 Å². The lowest BCUT2D eigenvalue weighted by Crippen LogP contribution is -1.85. The highest BCUT2D eigenvalue weighted by Crippen LogP contribution is 2.36. The zero-order chi connectivity index (χ0) is 16.3. The molecule has 0 atom stereocenters. The van der Waals surface area contributed by atoms with Crippen molar-refractivity contribution in [2.45, 2.75) is 0 Å². The quantitative estimate of drug-likeness (QED) is 0.373. The van der Waals surface area contributed by atoms with Crippen molar-refractivity contribution in [1.29, 1.82) is 0 Å². The van der Waals surface area contributed by atoms with Crippen molar-refractivity contribution in [3.8, 4) is 0 Å². The molecule has 0 saturated carbocycles. The first-order chi connectivity index (χ1) is 11.8. The smallest absolute Gasteiger partial charge is 0.0542 e. The van der Waals surface area contributed by atoms with Gasteiger partial charge in [0.15, 0.2) is 0 Å². The van der Waals surface area contributed by atoms with Crippen LogP contribution in [0.25, 0.3) is 56.0 Å². The fraction of sp³-hybridized carbons (Fsp3) is 0. The Hall–Kier alpha value is -3.26. The van der Waals surface area contributed by atoms with Crippen molar-refractivity contribution in [3.63, 3.8) is 0 Å². The summed E-state index contributed by atoms with van der Waals surface area (Å²) in [4.78, 5) is 0. The number of rotatable bonds is 2. The predicted octanol–water partition coefficient (Wildman–Crippen LogP) is 6.10. The number of nitrogens with zero attached hydrogens (tertiary/aromatic N) is 2. The van der Waals surface area contributed by atoms with Crippen molar-refractivity contribution in [2.75, 3.05) is 0 Å². The number of fused-ring (bicyclic) bond motifs is 6. The molecule has 0 unspecified atom stereocenters. The van der Waals surface area contributed by atoms with E-state index in [1.54, 1.807) is 0 Å². The first kappa shape index (κ1) is 13.2. The highest BCUT2D eigenvalue weighted by molar-refractivity contribution is 6.18. The Balaban J connectivity index is 2.11. The molecule has 2 heterocycles. The Kier molecular flexibility index (Phi) is 2.54. The lowest BCUT2D eigenvalue weighted by atomic mass is 10.1. The van der Waals surface area contributed by atoms with Crippen LogP contribution in [-0.4, -0.2) is 9.13 Å². The summed E-state index contributed by atoms with van der Waals surface area (Å²) in [7, 11) is 0. The molecule has 0 aliphatic heterocycles. The minimum absolute atomic E-state index is 1.18. The van der Waals surface area contributed by atoms with E-state index in [2.05, 4.69) is 83.0 Å². The molecule has 0 spiro atoms. The average molecular weight is 308 g/mol. The van der Waals surface area contributed by atoms with Gasteiger partial charge in [0.25, 0.3) is 0 Å². The number of benzene rings is 3. The van der Waals surface area contributed by atoms with Crippen molar-refractivity contribution in [2.24, 2.45) is 0 Å². The maximum absolute atomic E-state index is 4.01. The fourth-order valence-electron chi connectivity index (χ4n) is 3.88. The van der Waals surface area contributed by atoms with Gasteiger partial charge in [-0.1, -0.05) is 49.6 Å². The molecular weight excluding hydrogens is 292 g/mol. The first-order valence-electron chi connectivity index (χ1n) is 8.04. The van der Waals surface area contributed by atoms with E-state index in [1.165, 1.54) is 43.6 Å². The van der Waals surface area contributed by atoms with Gasteiger partial charge in [-0.25, -0.2) is 0 Å². The molecule has 0 amide bonds. The Bertz CT molecular complexity index is 1180. The Labute approximate surface area is 139 Å². The molecule has 0 aliphatic carbocycles. The van der Waals surface area contributed by atoms with Crippen LogP contribution in [0.2, 0.25) is 0 Å². The van der Waals surface area contributed by atoms with Crippen LogP contribution < -0.4 is 0 Å². The molecule has 5 aromatic rings. The molecular formula is C22H16N2. The van der Waals surface area contributed by atoms with Gasteiger partial charge in [0.05, 0.1) is 22.1 Å². The van der Waals surface area contributed by atoms with Crippen molar-refractivity contribution in [1.82, 2.24) is 9.13 Å². The Morgan fingerprint density at radius 2 is 0.958 bits per heavy atom. The lowest BCUT2D eigenvalue weighted by molar-refractivity contribution is 1.29. The normalized spacial score (nSPS) is 11.7. The standard InChI is InChI=1S/C22H16N2/c1-3-23-19-11-7-5-9-15(19)17-14-22-18(13-21(17)23)16-10-6-8-12-20(16)24(22)4-2/h3-14H,1-2H2. The van der Waals surface area contributed by atoms with Crippen LogP contribution in [0.4, 0.5) is 0 Å². The molecule has 2 heteroatoms. The monoisotopic (exact) mass is 308 g/mol. The number of hydrogen-bond acceptors (Lipinski definition) is 0. The molecule has 0 radical (unpaired) electrons. The molecule has 5 rings (SSSR count). The van der Waals surface area contributed by atoms with Crippen LogP contribution in [0, 0.1) is 0 Å². The topological polar surface area (TPSA) is 9.86 Å². The van der Waals surface area contributed by atoms with Gasteiger partial charge in [-0.2, -0.15) is 0 Å². The highest BCUT2D eigenvalue weighted by atomic mass is 15.0. The summed E-state index contributed by atoms with van der Waals surface area (Å²) in [5, 5.41) is 4.97. The zero-order valence-electron chi connectivity index (χ0n) is 13.2. The van der Waals surface area contributed by atoms with Crippen LogP contribution in [0.1, 0.15) is 0 Å². The molecule has 2 nitrogen and oxygen atoms in total. The summed E-state index contributed by atoms with van der Waals surface area (Å²) in [6, 6.07) is 21.5. The third-order valence-corrected chi connectivity index (χ3v) is 4.91. The molecule has 24 heavy (non-hydrogen) atoms. The SMILES string of the molecule is C=Cn1c2ccccc2c2cc3c(cc21)c1ccccc1n3C=C. The van der Waals surface area contributed by atoms with Crippen LogP contribution in [0.5, 0.6) is 0 Å². The van der Waals surface area contributed by atoms with E-state index in [4.69, 9.17) is 0 Å². The van der Waals surface area contributed by atoms with Gasteiger partial charge in [0, 0.05) is 33.9 Å². The van der Waals surface area contributed by atoms with Gasteiger partial charge >= 0.3 is 0 Å². The summed E-state index contributed by atoms with van der Waals surface area (Å²) in [6.07, 6.45) is 3.78. The molecule has 0 fully saturated rings. The minimum atomic E-state index is 1.18. The van der Waals surface area contributed by atoms with Crippen molar-refractivity contribution in [3.05, 3.63) is 73.8 Å². The molecule has 0 aliphatic rings. The van der Waals surface area contributed by atoms with Gasteiger partial charge in [-0.15, -0.1) is 0 Å². The van der Waals surface area contributed by atoms with Crippen molar-refractivity contribution >= 4 is 56.0 Å². The summed E-state index contributed by atoms with van der Waals surface area (Å²) in [6.45, 7) is 8.02. The Morgan fingerprint density at radius 1 is 0.542 bits per heavy atom. The number of hydrogen-bond donors (Lipinski definition) is 0. The van der Waals surface area contributed by atoms with E-state index >= 15 is 0 Å². The van der Waals surface area contributed by atoms with Crippen LogP contribution in [-0.2, 0) is 0 Å². The molecule has 114 valence electrons. The summed E-state index contributed by atoms with van der Waals surface area (Å²) in [5.41, 5.74) is 4.74. The third kappa shape index (κ3) is 1.50. The molecule has 0 saturated heterocycles. The second-order valence-corrected chi connectivity index (χ2v) is 6.03. The summed E-state index contributed by atoms with van der Waals surface area (Å²) < 4.78 is 4.34. The second-order valence-electron chi connectivity index (χ2n) is 6.03. The Morgan fingerprint density at radius 3 is 1.38 bits per heavy atom. The second kappa shape index (κ2) is 4.62. The average Bonchev–Trinajstić information content (AvgIpc) is 3.11. The predicted molar refractivity (Wildman–Crippen MR) is 105 cm³/mol. The van der Waals surface area contributed by atoms with Crippen molar-refractivity contribution < 1.29 is 0 Å². The zero-order valence-corrected chi connectivity index (χ0v) is 13.2. The molecule has 0 bridgehead atoms. The maximum atomic E-state index is 4.01. The maximum Gasteiger partial charge on any atom is 0.0542 e. The van der Waals surface area contributed by atoms with Gasteiger partial charge in [-0.05, 0) is 24.3 Å². The van der Waals surface area contributed by atoms with Gasteiger partial charge in [-0.3, -0.25) is 0 Å².